The van der Waals surface area contributed by atoms with Gasteiger partial charge in [-0.05, 0) is 54.9 Å². The van der Waals surface area contributed by atoms with Gasteiger partial charge >= 0.3 is 0 Å². The molecule has 1 unspecified atom stereocenters. The lowest BCUT2D eigenvalue weighted by Gasteiger charge is -2.38. The minimum absolute atomic E-state index is 0.460. The number of pyridine rings is 1. The van der Waals surface area contributed by atoms with E-state index in [4.69, 9.17) is 9.72 Å². The van der Waals surface area contributed by atoms with Crippen LogP contribution in [0.3, 0.4) is 0 Å². The highest BCUT2D eigenvalue weighted by Crippen LogP contribution is 2.39. The molecule has 4 rings (SSSR count). The molecule has 2 aromatic carbocycles. The smallest absolute Gasteiger partial charge is 0.129 e. The van der Waals surface area contributed by atoms with E-state index in [0.717, 1.165) is 49.4 Å². The summed E-state index contributed by atoms with van der Waals surface area (Å²) in [5, 5.41) is 0. The fraction of sp³-hybridized carbons (Fsp3) is 0.452. The number of hydrogen-bond acceptors (Lipinski definition) is 3. The average Bonchev–Trinajstić information content (AvgIpc) is 2.87. The van der Waals surface area contributed by atoms with E-state index in [-0.39, 0.29) is 0 Å². The molecule has 1 aromatic heterocycles. The SMILES string of the molecule is CCCCC1c2ccccc2CCN1Cc1cnc(-c2c(CC)cccc2CC)c(C)c1OC. The first-order valence-electron chi connectivity index (χ1n) is 13.1. The zero-order valence-corrected chi connectivity index (χ0v) is 21.7. The molecule has 180 valence electrons. The number of rotatable bonds is 9. The molecule has 0 bridgehead atoms. The van der Waals surface area contributed by atoms with Crippen LogP contribution in [0.1, 0.15) is 79.5 Å². The standard InChI is InChI=1S/C31H40N2O/c1-6-9-17-28-27-16-11-10-13-25(27)18-19-33(28)21-26-20-32-30(22(4)31(26)34-5)29-23(7-2)14-12-15-24(29)8-3/h10-16,20,28H,6-9,17-19,21H2,1-5H3. The Hall–Kier alpha value is -2.65. The summed E-state index contributed by atoms with van der Waals surface area (Å²) < 4.78 is 6.05. The third-order valence-electron chi connectivity index (χ3n) is 7.50. The second-order valence-electron chi connectivity index (χ2n) is 9.53. The first-order chi connectivity index (χ1) is 16.6. The molecule has 0 N–H and O–H groups in total. The molecule has 0 aliphatic carbocycles. The molecular formula is C31H40N2O. The van der Waals surface area contributed by atoms with Crippen LogP contribution in [0.4, 0.5) is 0 Å². The molecule has 1 aliphatic rings. The van der Waals surface area contributed by atoms with E-state index in [1.165, 1.54) is 52.6 Å². The predicted molar refractivity (Wildman–Crippen MR) is 143 cm³/mol. The summed E-state index contributed by atoms with van der Waals surface area (Å²) in [6, 6.07) is 16.1. The monoisotopic (exact) mass is 456 g/mol. The van der Waals surface area contributed by atoms with Gasteiger partial charge < -0.3 is 4.74 Å². The Morgan fingerprint density at radius 1 is 0.971 bits per heavy atom. The Bertz CT molecular complexity index is 1100. The van der Waals surface area contributed by atoms with Crippen molar-refractivity contribution in [2.75, 3.05) is 13.7 Å². The number of aromatic nitrogens is 1. The van der Waals surface area contributed by atoms with Crippen molar-refractivity contribution < 1.29 is 4.74 Å². The largest absolute Gasteiger partial charge is 0.496 e. The van der Waals surface area contributed by atoms with Crippen LogP contribution in [0.5, 0.6) is 5.75 Å². The van der Waals surface area contributed by atoms with Crippen molar-refractivity contribution >= 4 is 0 Å². The van der Waals surface area contributed by atoms with Crippen LogP contribution in [0.25, 0.3) is 11.3 Å². The van der Waals surface area contributed by atoms with Gasteiger partial charge in [0.1, 0.15) is 5.75 Å². The van der Waals surface area contributed by atoms with E-state index in [2.05, 4.69) is 81.3 Å². The number of ether oxygens (including phenoxy) is 1. The van der Waals surface area contributed by atoms with Crippen molar-refractivity contribution in [3.8, 4) is 17.0 Å². The molecular weight excluding hydrogens is 416 g/mol. The van der Waals surface area contributed by atoms with Gasteiger partial charge in [-0.25, -0.2) is 0 Å². The van der Waals surface area contributed by atoms with E-state index in [9.17, 15) is 0 Å². The highest BCUT2D eigenvalue weighted by Gasteiger charge is 2.28. The lowest BCUT2D eigenvalue weighted by atomic mass is 9.89. The summed E-state index contributed by atoms with van der Waals surface area (Å²) in [6.07, 6.45) is 8.85. The molecule has 0 saturated carbocycles. The van der Waals surface area contributed by atoms with Crippen molar-refractivity contribution in [3.05, 3.63) is 82.0 Å². The maximum atomic E-state index is 6.05. The summed E-state index contributed by atoms with van der Waals surface area (Å²) in [5.74, 6) is 0.992. The highest BCUT2D eigenvalue weighted by molar-refractivity contribution is 5.73. The van der Waals surface area contributed by atoms with E-state index in [0.29, 0.717) is 6.04 Å². The van der Waals surface area contributed by atoms with Gasteiger partial charge in [0.2, 0.25) is 0 Å². The zero-order chi connectivity index (χ0) is 24.1. The highest BCUT2D eigenvalue weighted by atomic mass is 16.5. The molecule has 0 fully saturated rings. The van der Waals surface area contributed by atoms with Gasteiger partial charge in [-0.15, -0.1) is 0 Å². The number of hydrogen-bond donors (Lipinski definition) is 0. The fourth-order valence-electron chi connectivity index (χ4n) is 5.69. The average molecular weight is 457 g/mol. The van der Waals surface area contributed by atoms with Crippen molar-refractivity contribution in [3.63, 3.8) is 0 Å². The lowest BCUT2D eigenvalue weighted by Crippen LogP contribution is -2.35. The Kier molecular flexibility index (Phi) is 8.05. The van der Waals surface area contributed by atoms with Gasteiger partial charge in [0, 0.05) is 42.0 Å². The topological polar surface area (TPSA) is 25.4 Å². The van der Waals surface area contributed by atoms with Gasteiger partial charge in [-0.1, -0.05) is 76.1 Å². The first kappa shape index (κ1) is 24.5. The van der Waals surface area contributed by atoms with Crippen molar-refractivity contribution in [2.24, 2.45) is 0 Å². The number of fused-ring (bicyclic) bond motifs is 1. The van der Waals surface area contributed by atoms with Crippen LogP contribution in [-0.4, -0.2) is 23.5 Å². The van der Waals surface area contributed by atoms with E-state index < -0.39 is 0 Å². The normalized spacial score (nSPS) is 15.9. The molecule has 3 aromatic rings. The van der Waals surface area contributed by atoms with Crippen LogP contribution in [0, 0.1) is 6.92 Å². The quantitative estimate of drug-likeness (QED) is 0.334. The van der Waals surface area contributed by atoms with Gasteiger partial charge in [0.05, 0.1) is 12.8 Å². The zero-order valence-electron chi connectivity index (χ0n) is 21.7. The maximum Gasteiger partial charge on any atom is 0.129 e. The van der Waals surface area contributed by atoms with Crippen LogP contribution in [0.15, 0.2) is 48.7 Å². The maximum absolute atomic E-state index is 6.05. The molecule has 34 heavy (non-hydrogen) atoms. The summed E-state index contributed by atoms with van der Waals surface area (Å²) >= 11 is 0. The molecule has 0 spiro atoms. The second-order valence-corrected chi connectivity index (χ2v) is 9.53. The van der Waals surface area contributed by atoms with Crippen LogP contribution in [0.2, 0.25) is 0 Å². The number of nitrogens with zero attached hydrogens (tertiary/aromatic N) is 2. The Morgan fingerprint density at radius 3 is 2.38 bits per heavy atom. The Labute approximate surface area is 206 Å². The third-order valence-corrected chi connectivity index (χ3v) is 7.50. The molecule has 3 heteroatoms. The van der Waals surface area contributed by atoms with Gasteiger partial charge in [0.25, 0.3) is 0 Å². The number of methoxy groups -OCH3 is 1. The van der Waals surface area contributed by atoms with E-state index >= 15 is 0 Å². The summed E-state index contributed by atoms with van der Waals surface area (Å²) in [7, 11) is 1.81. The fourth-order valence-corrected chi connectivity index (χ4v) is 5.69. The van der Waals surface area contributed by atoms with Crippen LogP contribution in [-0.2, 0) is 25.8 Å². The minimum Gasteiger partial charge on any atom is -0.496 e. The predicted octanol–water partition coefficient (Wildman–Crippen LogP) is 7.48. The number of unbranched alkanes of at least 4 members (excludes halogenated alkanes) is 1. The summed E-state index contributed by atoms with van der Waals surface area (Å²) in [4.78, 5) is 7.71. The van der Waals surface area contributed by atoms with E-state index in [1.54, 1.807) is 0 Å². The van der Waals surface area contributed by atoms with Crippen molar-refractivity contribution in [1.29, 1.82) is 0 Å². The van der Waals surface area contributed by atoms with Crippen LogP contribution >= 0.6 is 0 Å². The number of aryl methyl sites for hydroxylation is 2. The first-order valence-corrected chi connectivity index (χ1v) is 13.1. The molecule has 0 saturated heterocycles. The Balaban J connectivity index is 1.71. The third kappa shape index (κ3) is 4.77. The van der Waals surface area contributed by atoms with Gasteiger partial charge in [-0.2, -0.15) is 0 Å². The van der Waals surface area contributed by atoms with E-state index in [1.807, 2.05) is 7.11 Å². The Morgan fingerprint density at radius 2 is 1.71 bits per heavy atom. The summed E-state index contributed by atoms with van der Waals surface area (Å²) in [5.41, 5.74) is 10.4. The molecule has 1 aliphatic heterocycles. The van der Waals surface area contributed by atoms with Gasteiger partial charge in [0.15, 0.2) is 0 Å². The second kappa shape index (κ2) is 11.2. The molecule has 0 radical (unpaired) electrons. The minimum atomic E-state index is 0.460. The van der Waals surface area contributed by atoms with Crippen molar-refractivity contribution in [1.82, 2.24) is 9.88 Å². The lowest BCUT2D eigenvalue weighted by molar-refractivity contribution is 0.162. The van der Waals surface area contributed by atoms with Crippen LogP contribution < -0.4 is 4.74 Å². The molecule has 0 amide bonds. The van der Waals surface area contributed by atoms with Gasteiger partial charge in [-0.3, -0.25) is 9.88 Å². The molecule has 1 atom stereocenters. The molecule has 2 heterocycles. The molecule has 3 nitrogen and oxygen atoms in total. The summed E-state index contributed by atoms with van der Waals surface area (Å²) in [6.45, 7) is 10.9. The van der Waals surface area contributed by atoms with Crippen molar-refractivity contribution in [2.45, 2.75) is 78.8 Å². The number of benzene rings is 2.